The number of hydrogen-bond donors (Lipinski definition) is 1. The fraction of sp³-hybridized carbons (Fsp3) is 1.00. The number of fused-ring (bicyclic) bond motifs is 5. The molecule has 0 saturated heterocycles. The lowest BCUT2D eigenvalue weighted by atomic mass is 9.64. The van der Waals surface area contributed by atoms with Crippen molar-refractivity contribution in [3.05, 3.63) is 0 Å². The van der Waals surface area contributed by atoms with Gasteiger partial charge >= 0.3 is 0 Å². The van der Waals surface area contributed by atoms with Gasteiger partial charge in [-0.25, -0.2) is 0 Å². The first kappa shape index (κ1) is 11.8. The molecule has 1 nitrogen and oxygen atoms in total. The maximum absolute atomic E-state index is 7.04. The van der Waals surface area contributed by atoms with Gasteiger partial charge in [0, 0.05) is 5.54 Å². The molecular weight excluding hydrogens is 218 g/mol. The van der Waals surface area contributed by atoms with Gasteiger partial charge in [0.25, 0.3) is 0 Å². The van der Waals surface area contributed by atoms with Crippen LogP contribution in [0.25, 0.3) is 0 Å². The van der Waals surface area contributed by atoms with Gasteiger partial charge < -0.3 is 5.73 Å². The highest BCUT2D eigenvalue weighted by Crippen LogP contribution is 2.64. The van der Waals surface area contributed by atoms with E-state index in [1.807, 2.05) is 0 Å². The van der Waals surface area contributed by atoms with Crippen LogP contribution in [0.2, 0.25) is 0 Å². The van der Waals surface area contributed by atoms with Gasteiger partial charge in [0.05, 0.1) is 0 Å². The van der Waals surface area contributed by atoms with Crippen LogP contribution >= 0.6 is 0 Å². The fourth-order valence-corrected chi connectivity index (χ4v) is 6.52. The van der Waals surface area contributed by atoms with Crippen molar-refractivity contribution in [3.8, 4) is 0 Å². The topological polar surface area (TPSA) is 26.0 Å². The largest absolute Gasteiger partial charge is 0.325 e. The Kier molecular flexibility index (Phi) is 2.76. The van der Waals surface area contributed by atoms with Gasteiger partial charge in [0.1, 0.15) is 0 Å². The van der Waals surface area contributed by atoms with E-state index < -0.39 is 0 Å². The second kappa shape index (κ2) is 4.23. The van der Waals surface area contributed by atoms with Gasteiger partial charge in [0.2, 0.25) is 0 Å². The van der Waals surface area contributed by atoms with Crippen LogP contribution in [0.3, 0.4) is 0 Å². The van der Waals surface area contributed by atoms with E-state index in [4.69, 9.17) is 5.73 Å². The predicted molar refractivity (Wildman–Crippen MR) is 75.2 cm³/mol. The van der Waals surface area contributed by atoms with Crippen LogP contribution in [0, 0.1) is 29.6 Å². The second-order valence-corrected chi connectivity index (χ2v) is 7.87. The molecule has 5 atom stereocenters. The fourth-order valence-electron chi connectivity index (χ4n) is 6.52. The molecule has 4 aliphatic rings. The lowest BCUT2D eigenvalue weighted by molar-refractivity contribution is 0.0929. The van der Waals surface area contributed by atoms with Crippen LogP contribution in [0.1, 0.15) is 70.6 Å². The summed E-state index contributed by atoms with van der Waals surface area (Å²) in [6, 6.07) is 0. The summed E-state index contributed by atoms with van der Waals surface area (Å²) >= 11 is 0. The van der Waals surface area contributed by atoms with E-state index in [0.29, 0.717) is 0 Å². The highest BCUT2D eigenvalue weighted by atomic mass is 14.9. The molecule has 4 aliphatic carbocycles. The van der Waals surface area contributed by atoms with Crippen molar-refractivity contribution in [3.63, 3.8) is 0 Å². The van der Waals surface area contributed by atoms with Crippen LogP contribution in [0.15, 0.2) is 0 Å². The summed E-state index contributed by atoms with van der Waals surface area (Å²) in [5.41, 5.74) is 7.31. The van der Waals surface area contributed by atoms with Crippen LogP contribution < -0.4 is 5.73 Å². The summed E-state index contributed by atoms with van der Waals surface area (Å²) in [4.78, 5) is 0. The molecule has 0 aromatic rings. The van der Waals surface area contributed by atoms with Crippen molar-refractivity contribution in [2.24, 2.45) is 35.3 Å². The number of rotatable bonds is 1. The second-order valence-electron chi connectivity index (χ2n) is 7.87. The smallest absolute Gasteiger partial charge is 0.0217 e. The van der Waals surface area contributed by atoms with E-state index in [0.717, 1.165) is 29.6 Å². The maximum atomic E-state index is 7.04. The van der Waals surface area contributed by atoms with E-state index in [9.17, 15) is 0 Å². The SMILES string of the molecule is NC1(C2CCCCCC2)CC2CC1C1CCCC21. The summed E-state index contributed by atoms with van der Waals surface area (Å²) in [6.07, 6.45) is 16.2. The zero-order chi connectivity index (χ0) is 12.2. The monoisotopic (exact) mass is 247 g/mol. The first-order chi connectivity index (χ1) is 8.79. The first-order valence-corrected chi connectivity index (χ1v) is 8.58. The molecule has 18 heavy (non-hydrogen) atoms. The van der Waals surface area contributed by atoms with E-state index in [1.54, 1.807) is 0 Å². The van der Waals surface area contributed by atoms with Crippen molar-refractivity contribution >= 4 is 0 Å². The Bertz CT molecular complexity index is 318. The van der Waals surface area contributed by atoms with Crippen LogP contribution in [-0.4, -0.2) is 5.54 Å². The van der Waals surface area contributed by atoms with Crippen molar-refractivity contribution in [1.82, 2.24) is 0 Å². The van der Waals surface area contributed by atoms with Crippen LogP contribution in [0.4, 0.5) is 0 Å². The average molecular weight is 247 g/mol. The highest BCUT2D eigenvalue weighted by molar-refractivity contribution is 5.14. The third-order valence-electron chi connectivity index (χ3n) is 7.23. The molecular formula is C17H29N. The van der Waals surface area contributed by atoms with Gasteiger partial charge in [-0.15, -0.1) is 0 Å². The molecule has 4 fully saturated rings. The summed E-state index contributed by atoms with van der Waals surface area (Å²) in [5, 5.41) is 0. The minimum Gasteiger partial charge on any atom is -0.325 e. The molecule has 102 valence electrons. The van der Waals surface area contributed by atoms with Gasteiger partial charge in [0.15, 0.2) is 0 Å². The van der Waals surface area contributed by atoms with Crippen LogP contribution in [-0.2, 0) is 0 Å². The molecule has 0 aliphatic heterocycles. The Morgan fingerprint density at radius 3 is 2.28 bits per heavy atom. The van der Waals surface area contributed by atoms with E-state index in [-0.39, 0.29) is 5.54 Å². The minimum atomic E-state index is 0.264. The predicted octanol–water partition coefficient (Wildman–Crippen LogP) is 4.11. The van der Waals surface area contributed by atoms with E-state index >= 15 is 0 Å². The Balaban J connectivity index is 1.57. The van der Waals surface area contributed by atoms with E-state index in [1.165, 1.54) is 70.6 Å². The van der Waals surface area contributed by atoms with Crippen molar-refractivity contribution < 1.29 is 0 Å². The number of nitrogens with two attached hydrogens (primary N) is 1. The van der Waals surface area contributed by atoms with Crippen LogP contribution in [0.5, 0.6) is 0 Å². The summed E-state index contributed by atoms with van der Waals surface area (Å²) in [5.74, 6) is 4.94. The molecule has 0 aromatic carbocycles. The summed E-state index contributed by atoms with van der Waals surface area (Å²) in [7, 11) is 0. The Hall–Kier alpha value is -0.0400. The molecule has 2 N–H and O–H groups in total. The molecule has 2 bridgehead atoms. The van der Waals surface area contributed by atoms with Crippen molar-refractivity contribution in [1.29, 1.82) is 0 Å². The third kappa shape index (κ3) is 1.55. The number of hydrogen-bond acceptors (Lipinski definition) is 1. The Morgan fingerprint density at radius 2 is 1.50 bits per heavy atom. The third-order valence-corrected chi connectivity index (χ3v) is 7.23. The molecule has 4 rings (SSSR count). The molecule has 0 spiro atoms. The summed E-state index contributed by atoms with van der Waals surface area (Å²) in [6.45, 7) is 0. The molecule has 5 unspecified atom stereocenters. The lowest BCUT2D eigenvalue weighted by Crippen LogP contribution is -2.54. The molecule has 0 amide bonds. The Labute approximate surface area is 112 Å². The van der Waals surface area contributed by atoms with Gasteiger partial charge in [-0.05, 0) is 68.1 Å². The summed E-state index contributed by atoms with van der Waals surface area (Å²) < 4.78 is 0. The zero-order valence-electron chi connectivity index (χ0n) is 11.7. The quantitative estimate of drug-likeness (QED) is 0.693. The standard InChI is InChI=1S/C17H29N/c18-17(13-6-3-1-2-4-7-13)11-12-10-16(17)15-9-5-8-14(12)15/h12-16H,1-11,18H2. The van der Waals surface area contributed by atoms with Crippen molar-refractivity contribution in [2.75, 3.05) is 0 Å². The molecule has 0 aromatic heterocycles. The molecule has 0 radical (unpaired) electrons. The average Bonchev–Trinajstić information content (AvgIpc) is 2.95. The lowest BCUT2D eigenvalue weighted by Gasteiger charge is -2.45. The molecule has 1 heteroatoms. The van der Waals surface area contributed by atoms with E-state index in [2.05, 4.69) is 0 Å². The van der Waals surface area contributed by atoms with Gasteiger partial charge in [-0.3, -0.25) is 0 Å². The Morgan fingerprint density at radius 1 is 0.778 bits per heavy atom. The van der Waals surface area contributed by atoms with Gasteiger partial charge in [-0.1, -0.05) is 32.1 Å². The normalized spacial score (nSPS) is 52.5. The zero-order valence-corrected chi connectivity index (χ0v) is 11.7. The van der Waals surface area contributed by atoms with Gasteiger partial charge in [-0.2, -0.15) is 0 Å². The highest BCUT2D eigenvalue weighted by Gasteiger charge is 2.61. The first-order valence-electron chi connectivity index (χ1n) is 8.58. The molecule has 0 heterocycles. The molecule has 4 saturated carbocycles. The maximum Gasteiger partial charge on any atom is 0.0217 e. The van der Waals surface area contributed by atoms with Crippen molar-refractivity contribution in [2.45, 2.75) is 76.2 Å². The minimum absolute atomic E-state index is 0.264.